The molecule has 0 spiro atoms. The van der Waals surface area contributed by atoms with Gasteiger partial charge in [-0.25, -0.2) is 33.4 Å². The maximum absolute atomic E-state index is 11.8. The van der Waals surface area contributed by atoms with Crippen LogP contribution in [0.3, 0.4) is 0 Å². The zero-order valence-corrected chi connectivity index (χ0v) is 31.7. The number of anilines is 2. The third-order valence-electron chi connectivity index (χ3n) is 8.72. The minimum atomic E-state index is -1.52. The van der Waals surface area contributed by atoms with E-state index >= 15 is 0 Å². The number of benzene rings is 2. The number of aromatic nitrogens is 11. The Kier molecular flexibility index (Phi) is 10.3. The SMILES string of the molecule is [C-]#[N+]c1cnn(-c2ccc(C(=O)O)c(C(=O)O)c2)c1N=Nc1c(C)nn(-c2nc(O)nc(-n3nc(C)c(N=Nc4c(C#N)cnn4-c4ccc(C(=O)O)c(C(=O)O)c4)c3N)n2)c1N. The number of aromatic carboxylic acids is 4. The maximum atomic E-state index is 11.8. The summed E-state index contributed by atoms with van der Waals surface area (Å²) in [5.74, 6) is -7.52. The molecule has 0 fully saturated rings. The molecular formula is C35H23N19O9. The van der Waals surface area contributed by atoms with Crippen molar-refractivity contribution >= 4 is 64.2 Å². The number of hydrogen-bond acceptors (Lipinski definition) is 19. The second kappa shape index (κ2) is 15.8. The van der Waals surface area contributed by atoms with Gasteiger partial charge in [-0.15, -0.1) is 20.5 Å². The van der Waals surface area contributed by atoms with Gasteiger partial charge in [0.25, 0.3) is 17.6 Å². The van der Waals surface area contributed by atoms with Crippen molar-refractivity contribution < 1.29 is 44.7 Å². The van der Waals surface area contributed by atoms with E-state index in [0.29, 0.717) is 0 Å². The van der Waals surface area contributed by atoms with Crippen LogP contribution in [0.25, 0.3) is 28.1 Å². The molecular weight excluding hydrogens is 831 g/mol. The van der Waals surface area contributed by atoms with Gasteiger partial charge in [-0.1, -0.05) is 0 Å². The van der Waals surface area contributed by atoms with Gasteiger partial charge in [0.2, 0.25) is 0 Å². The second-order valence-electron chi connectivity index (χ2n) is 12.6. The van der Waals surface area contributed by atoms with E-state index in [9.17, 15) is 50.0 Å². The second-order valence-corrected chi connectivity index (χ2v) is 12.6. The first-order chi connectivity index (χ1) is 30.0. The molecule has 0 aliphatic carbocycles. The van der Waals surface area contributed by atoms with Crippen LogP contribution in [0.4, 0.5) is 40.3 Å². The van der Waals surface area contributed by atoms with E-state index in [2.05, 4.69) is 60.6 Å². The van der Waals surface area contributed by atoms with E-state index in [0.717, 1.165) is 55.4 Å². The molecule has 0 atom stereocenters. The van der Waals surface area contributed by atoms with E-state index in [1.807, 2.05) is 6.07 Å². The lowest BCUT2D eigenvalue weighted by atomic mass is 10.1. The van der Waals surface area contributed by atoms with Crippen molar-refractivity contribution in [3.63, 3.8) is 0 Å². The van der Waals surface area contributed by atoms with Gasteiger partial charge in [0.1, 0.15) is 11.6 Å². The monoisotopic (exact) mass is 853 g/mol. The largest absolute Gasteiger partial charge is 0.479 e. The van der Waals surface area contributed by atoms with Crippen molar-refractivity contribution in [2.45, 2.75) is 13.8 Å². The van der Waals surface area contributed by atoms with Crippen molar-refractivity contribution in [1.82, 2.24) is 54.1 Å². The lowest BCUT2D eigenvalue weighted by Crippen LogP contribution is -2.13. The van der Waals surface area contributed by atoms with Crippen molar-refractivity contribution in [2.75, 3.05) is 11.5 Å². The number of rotatable bonds is 12. The number of nitrogen functional groups attached to an aromatic ring is 2. The van der Waals surface area contributed by atoms with E-state index in [1.54, 1.807) is 0 Å². The summed E-state index contributed by atoms with van der Waals surface area (Å²) in [7, 11) is 0. The summed E-state index contributed by atoms with van der Waals surface area (Å²) >= 11 is 0. The van der Waals surface area contributed by atoms with Gasteiger partial charge in [-0.05, 0) is 50.2 Å². The maximum Gasteiger partial charge on any atom is 0.336 e. The van der Waals surface area contributed by atoms with Crippen molar-refractivity contribution in [3.8, 4) is 35.4 Å². The molecule has 0 radical (unpaired) electrons. The Balaban J connectivity index is 1.22. The Morgan fingerprint density at radius 3 is 1.56 bits per heavy atom. The molecule has 0 aliphatic rings. The highest BCUT2D eigenvalue weighted by Gasteiger charge is 2.24. The van der Waals surface area contributed by atoms with Crippen molar-refractivity contribution in [3.05, 3.63) is 99.4 Å². The molecule has 312 valence electrons. The fourth-order valence-corrected chi connectivity index (χ4v) is 5.81. The number of nitrogens with zero attached hydrogens (tertiary/aromatic N) is 17. The molecule has 0 aliphatic heterocycles. The van der Waals surface area contributed by atoms with Gasteiger partial charge < -0.3 is 37.0 Å². The number of carbonyl (C=O) groups is 4. The highest BCUT2D eigenvalue weighted by atomic mass is 16.4. The zero-order chi connectivity index (χ0) is 45.4. The van der Waals surface area contributed by atoms with Crippen LogP contribution in [0.15, 0.2) is 69.2 Å². The molecule has 7 aromatic rings. The number of carboxylic acids is 4. The molecule has 9 N–H and O–H groups in total. The standard InChI is InChI=1S/C35H23N19O9/c1-13-23(45-47-27-15(10-36)11-40-51(27)16-4-6-18(29(55)56)20(8-16)31(59)60)25(37)53(49-13)33-42-34(44-35(63)43-33)54-26(38)24(14(2)50-54)46-48-28-22(39-3)12-41-52(28)17-5-7-19(30(57)58)21(9-17)32(61)62/h4-9,11-12H,37-38H2,1-2H3,(H,55,56)(H,57,58)(H,59,60)(H,61,62)(H,42,43,44,63). The summed E-state index contributed by atoms with van der Waals surface area (Å²) in [6.07, 6.45) is 2.27. The Labute approximate surface area is 348 Å². The van der Waals surface area contributed by atoms with Crippen LogP contribution >= 0.6 is 0 Å². The first-order valence-corrected chi connectivity index (χ1v) is 17.2. The summed E-state index contributed by atoms with van der Waals surface area (Å²) in [4.78, 5) is 62.2. The average Bonchev–Trinajstić information content (AvgIpc) is 4.00. The summed E-state index contributed by atoms with van der Waals surface area (Å²) in [6.45, 7) is 10.6. The van der Waals surface area contributed by atoms with Crippen LogP contribution in [0.5, 0.6) is 6.01 Å². The minimum absolute atomic E-state index is 0.0415. The van der Waals surface area contributed by atoms with Gasteiger partial charge in [0.05, 0.1) is 64.0 Å². The van der Waals surface area contributed by atoms with Gasteiger partial charge >= 0.3 is 29.9 Å². The molecule has 0 bridgehead atoms. The molecule has 7 rings (SSSR count). The predicted octanol–water partition coefficient (Wildman–Crippen LogP) is 4.15. The van der Waals surface area contributed by atoms with Crippen LogP contribution in [0.1, 0.15) is 58.4 Å². The van der Waals surface area contributed by atoms with Gasteiger partial charge in [-0.2, -0.15) is 50.0 Å². The Morgan fingerprint density at radius 2 is 1.11 bits per heavy atom. The molecule has 63 heavy (non-hydrogen) atoms. The zero-order valence-electron chi connectivity index (χ0n) is 31.7. The number of aryl methyl sites for hydroxylation is 2. The lowest BCUT2D eigenvalue weighted by molar-refractivity contribution is 0.0651. The topological polar surface area (TPSA) is 409 Å². The lowest BCUT2D eigenvalue weighted by Gasteiger charge is -2.08. The third-order valence-corrected chi connectivity index (χ3v) is 8.72. The summed E-state index contributed by atoms with van der Waals surface area (Å²) in [6, 6.07) is 7.78. The smallest absolute Gasteiger partial charge is 0.336 e. The normalized spacial score (nSPS) is 11.2. The number of aromatic hydroxyl groups is 1. The summed E-state index contributed by atoms with van der Waals surface area (Å²) in [5.41, 5.74) is 10.8. The van der Waals surface area contributed by atoms with Crippen molar-refractivity contribution in [2.24, 2.45) is 20.5 Å². The quantitative estimate of drug-likeness (QED) is 0.0670. The van der Waals surface area contributed by atoms with Crippen LogP contribution in [-0.4, -0.2) is 103 Å². The van der Waals surface area contributed by atoms with Gasteiger partial charge in [0, 0.05) is 0 Å². The first-order valence-electron chi connectivity index (χ1n) is 17.2. The number of hydrogen-bond donors (Lipinski definition) is 7. The highest BCUT2D eigenvalue weighted by Crippen LogP contribution is 2.36. The van der Waals surface area contributed by atoms with E-state index in [4.69, 9.17) is 18.0 Å². The fourth-order valence-electron chi connectivity index (χ4n) is 5.81. The molecule has 0 saturated heterocycles. The number of nitriles is 1. The Bertz CT molecular complexity index is 3040. The molecule has 5 heterocycles. The van der Waals surface area contributed by atoms with E-state index in [-0.39, 0.29) is 80.6 Å². The summed E-state index contributed by atoms with van der Waals surface area (Å²) < 4.78 is 4.08. The molecule has 0 amide bonds. The molecule has 0 saturated carbocycles. The van der Waals surface area contributed by atoms with Crippen LogP contribution < -0.4 is 11.5 Å². The molecule has 0 unspecified atom stereocenters. The molecule has 2 aromatic carbocycles. The van der Waals surface area contributed by atoms with Crippen LogP contribution in [-0.2, 0) is 0 Å². The number of carboxylic acid groups (broad SMARTS) is 4. The van der Waals surface area contributed by atoms with Crippen molar-refractivity contribution in [1.29, 1.82) is 5.26 Å². The Hall–Kier alpha value is -10.2. The average molecular weight is 854 g/mol. The Morgan fingerprint density at radius 1 is 0.667 bits per heavy atom. The van der Waals surface area contributed by atoms with E-state index < -0.39 is 52.1 Å². The number of nitrogens with two attached hydrogens (primary N) is 2. The molecule has 28 heteroatoms. The first kappa shape index (κ1) is 40.9. The fraction of sp³-hybridized carbons (Fsp3) is 0.0571. The molecule has 5 aromatic heterocycles. The number of azo groups is 2. The minimum Gasteiger partial charge on any atom is -0.479 e. The van der Waals surface area contributed by atoms with Crippen LogP contribution in [0.2, 0.25) is 0 Å². The summed E-state index contributed by atoms with van der Waals surface area (Å²) in [5, 5.41) is 91.7. The van der Waals surface area contributed by atoms with Crippen LogP contribution in [0, 0.1) is 31.8 Å². The van der Waals surface area contributed by atoms with Gasteiger partial charge in [-0.3, -0.25) is 0 Å². The third kappa shape index (κ3) is 7.38. The van der Waals surface area contributed by atoms with E-state index in [1.165, 1.54) is 26.0 Å². The van der Waals surface area contributed by atoms with Gasteiger partial charge in [0.15, 0.2) is 34.6 Å². The molecule has 28 nitrogen and oxygen atoms in total. The highest BCUT2D eigenvalue weighted by molar-refractivity contribution is 6.03. The predicted molar refractivity (Wildman–Crippen MR) is 208 cm³/mol.